The molecule has 0 N–H and O–H groups in total. The summed E-state index contributed by atoms with van der Waals surface area (Å²) < 4.78 is 5.83. The predicted molar refractivity (Wildman–Crippen MR) is 82.2 cm³/mol. The first-order valence-corrected chi connectivity index (χ1v) is 7.40. The quantitative estimate of drug-likeness (QED) is 0.796. The van der Waals surface area contributed by atoms with E-state index in [1.165, 1.54) is 22.4 Å². The molecule has 0 aromatic heterocycles. The Kier molecular flexibility index (Phi) is 4.19. The second kappa shape index (κ2) is 5.54. The van der Waals surface area contributed by atoms with Gasteiger partial charge in [0.05, 0.1) is 12.2 Å². The molecule has 2 unspecified atom stereocenters. The third-order valence-corrected chi connectivity index (χ3v) is 3.97. The summed E-state index contributed by atoms with van der Waals surface area (Å²) in [6.07, 6.45) is 0.626. The van der Waals surface area contributed by atoms with Gasteiger partial charge in [0.2, 0.25) is 0 Å². The fraction of sp³-hybridized carbons (Fsp3) is 0.647. The van der Waals surface area contributed by atoms with E-state index in [9.17, 15) is 0 Å². The van der Waals surface area contributed by atoms with Crippen LogP contribution in [0.25, 0.3) is 0 Å². The average Bonchev–Trinajstić information content (AvgIpc) is 2.30. The zero-order chi connectivity index (χ0) is 14.2. The molecule has 1 saturated heterocycles. The van der Waals surface area contributed by atoms with Gasteiger partial charge in [0.15, 0.2) is 0 Å². The zero-order valence-corrected chi connectivity index (χ0v) is 13.2. The lowest BCUT2D eigenvalue weighted by Gasteiger charge is -2.38. The molecule has 19 heavy (non-hydrogen) atoms. The molecule has 0 amide bonds. The van der Waals surface area contributed by atoms with E-state index in [1.54, 1.807) is 0 Å². The molecule has 0 radical (unpaired) electrons. The van der Waals surface area contributed by atoms with E-state index in [-0.39, 0.29) is 0 Å². The van der Waals surface area contributed by atoms with Crippen molar-refractivity contribution < 1.29 is 4.74 Å². The van der Waals surface area contributed by atoms with Gasteiger partial charge >= 0.3 is 0 Å². The summed E-state index contributed by atoms with van der Waals surface area (Å²) in [7, 11) is 0. The standard InChI is InChI=1S/C17H27NO/c1-11(2)16-7-13(4)17(8-12(16)3)18-9-14(5)19-15(6)10-18/h7-8,11,14-15H,9-10H2,1-6H3. The van der Waals surface area contributed by atoms with Crippen LogP contribution in [0, 0.1) is 13.8 Å². The lowest BCUT2D eigenvalue weighted by atomic mass is 9.94. The van der Waals surface area contributed by atoms with Crippen molar-refractivity contribution in [3.8, 4) is 0 Å². The summed E-state index contributed by atoms with van der Waals surface area (Å²) in [6.45, 7) is 15.3. The van der Waals surface area contributed by atoms with Crippen LogP contribution in [0.5, 0.6) is 0 Å². The Morgan fingerprint density at radius 1 is 1.05 bits per heavy atom. The average molecular weight is 261 g/mol. The van der Waals surface area contributed by atoms with Crippen LogP contribution in [0.15, 0.2) is 12.1 Å². The highest BCUT2D eigenvalue weighted by Gasteiger charge is 2.23. The predicted octanol–water partition coefficient (Wildman–Crippen LogP) is 4.04. The molecule has 1 aliphatic rings. The van der Waals surface area contributed by atoms with Crippen LogP contribution in [0.4, 0.5) is 5.69 Å². The van der Waals surface area contributed by atoms with Crippen LogP contribution in [0.3, 0.4) is 0 Å². The minimum atomic E-state index is 0.313. The molecule has 1 aromatic carbocycles. The minimum Gasteiger partial charge on any atom is -0.372 e. The molecular weight excluding hydrogens is 234 g/mol. The van der Waals surface area contributed by atoms with Crippen molar-refractivity contribution in [2.24, 2.45) is 0 Å². The number of nitrogens with zero attached hydrogens (tertiary/aromatic N) is 1. The molecule has 1 heterocycles. The van der Waals surface area contributed by atoms with Gasteiger partial charge in [0, 0.05) is 18.8 Å². The summed E-state index contributed by atoms with van der Waals surface area (Å²) in [5.41, 5.74) is 5.64. The van der Waals surface area contributed by atoms with E-state index in [0.717, 1.165) is 13.1 Å². The van der Waals surface area contributed by atoms with Crippen LogP contribution in [0.1, 0.15) is 50.3 Å². The van der Waals surface area contributed by atoms with Gasteiger partial charge in [-0.2, -0.15) is 0 Å². The van der Waals surface area contributed by atoms with E-state index in [2.05, 4.69) is 58.6 Å². The summed E-state index contributed by atoms with van der Waals surface area (Å²) in [5.74, 6) is 0.593. The van der Waals surface area contributed by atoms with Gasteiger partial charge in [-0.1, -0.05) is 19.9 Å². The molecule has 1 aliphatic heterocycles. The Morgan fingerprint density at radius 2 is 1.63 bits per heavy atom. The van der Waals surface area contributed by atoms with E-state index >= 15 is 0 Å². The summed E-state index contributed by atoms with van der Waals surface area (Å²) in [4.78, 5) is 2.48. The maximum absolute atomic E-state index is 5.83. The number of ether oxygens (including phenoxy) is 1. The number of anilines is 1. The lowest BCUT2D eigenvalue weighted by Crippen LogP contribution is -2.45. The molecule has 1 aromatic rings. The molecule has 2 heteroatoms. The largest absolute Gasteiger partial charge is 0.372 e. The molecular formula is C17H27NO. The molecule has 0 spiro atoms. The Morgan fingerprint density at radius 3 is 2.16 bits per heavy atom. The van der Waals surface area contributed by atoms with E-state index in [0.29, 0.717) is 18.1 Å². The zero-order valence-electron chi connectivity index (χ0n) is 13.2. The molecule has 0 aliphatic carbocycles. The topological polar surface area (TPSA) is 12.5 Å². The summed E-state index contributed by atoms with van der Waals surface area (Å²) >= 11 is 0. The Balaban J connectivity index is 2.32. The van der Waals surface area contributed by atoms with Crippen molar-refractivity contribution >= 4 is 5.69 Å². The maximum atomic E-state index is 5.83. The number of morpholine rings is 1. The van der Waals surface area contributed by atoms with Gasteiger partial charge in [-0.15, -0.1) is 0 Å². The number of rotatable bonds is 2. The Hall–Kier alpha value is -1.02. The van der Waals surface area contributed by atoms with Crippen LogP contribution in [-0.4, -0.2) is 25.3 Å². The number of hydrogen-bond donors (Lipinski definition) is 0. The van der Waals surface area contributed by atoms with Gasteiger partial charge < -0.3 is 9.64 Å². The van der Waals surface area contributed by atoms with Crippen molar-refractivity contribution in [1.29, 1.82) is 0 Å². The van der Waals surface area contributed by atoms with Crippen LogP contribution < -0.4 is 4.90 Å². The highest BCUT2D eigenvalue weighted by Crippen LogP contribution is 2.30. The van der Waals surface area contributed by atoms with Crippen molar-refractivity contribution in [2.75, 3.05) is 18.0 Å². The Labute approximate surface area is 117 Å². The highest BCUT2D eigenvalue weighted by atomic mass is 16.5. The first kappa shape index (κ1) is 14.4. The second-order valence-electron chi connectivity index (χ2n) is 6.31. The van der Waals surface area contributed by atoms with Gasteiger partial charge in [-0.25, -0.2) is 0 Å². The van der Waals surface area contributed by atoms with Crippen molar-refractivity contribution in [3.05, 3.63) is 28.8 Å². The molecule has 0 bridgehead atoms. The third-order valence-electron chi connectivity index (χ3n) is 3.97. The van der Waals surface area contributed by atoms with E-state index in [1.807, 2.05) is 0 Å². The smallest absolute Gasteiger partial charge is 0.0726 e. The third kappa shape index (κ3) is 3.11. The molecule has 2 rings (SSSR count). The molecule has 1 fully saturated rings. The Bertz CT molecular complexity index is 443. The highest BCUT2D eigenvalue weighted by molar-refractivity contribution is 5.58. The second-order valence-corrected chi connectivity index (χ2v) is 6.31. The fourth-order valence-corrected chi connectivity index (χ4v) is 3.16. The van der Waals surface area contributed by atoms with Crippen molar-refractivity contribution in [2.45, 2.75) is 59.7 Å². The summed E-state index contributed by atoms with van der Waals surface area (Å²) in [6, 6.07) is 4.72. The fourth-order valence-electron chi connectivity index (χ4n) is 3.16. The number of benzene rings is 1. The van der Waals surface area contributed by atoms with Gasteiger partial charge in [-0.3, -0.25) is 0 Å². The summed E-state index contributed by atoms with van der Waals surface area (Å²) in [5, 5.41) is 0. The SMILES string of the molecule is Cc1cc(N2CC(C)OC(C)C2)c(C)cc1C(C)C. The van der Waals surface area contributed by atoms with Gasteiger partial charge in [0.1, 0.15) is 0 Å². The van der Waals surface area contributed by atoms with Gasteiger partial charge in [-0.05, 0) is 56.4 Å². The number of hydrogen-bond acceptors (Lipinski definition) is 2. The van der Waals surface area contributed by atoms with E-state index in [4.69, 9.17) is 4.74 Å². The monoisotopic (exact) mass is 261 g/mol. The normalized spacial score (nSPS) is 24.1. The lowest BCUT2D eigenvalue weighted by molar-refractivity contribution is -0.00525. The van der Waals surface area contributed by atoms with Crippen LogP contribution in [0.2, 0.25) is 0 Å². The molecule has 106 valence electrons. The van der Waals surface area contributed by atoms with Crippen LogP contribution >= 0.6 is 0 Å². The first-order valence-electron chi connectivity index (χ1n) is 7.40. The first-order chi connectivity index (χ1) is 8.88. The van der Waals surface area contributed by atoms with Crippen molar-refractivity contribution in [3.63, 3.8) is 0 Å². The van der Waals surface area contributed by atoms with Crippen LogP contribution in [-0.2, 0) is 4.74 Å². The molecule has 2 atom stereocenters. The van der Waals surface area contributed by atoms with Gasteiger partial charge in [0.25, 0.3) is 0 Å². The maximum Gasteiger partial charge on any atom is 0.0726 e. The molecule has 2 nitrogen and oxygen atoms in total. The number of aryl methyl sites for hydroxylation is 2. The van der Waals surface area contributed by atoms with E-state index < -0.39 is 0 Å². The molecule has 0 saturated carbocycles. The van der Waals surface area contributed by atoms with Crippen molar-refractivity contribution in [1.82, 2.24) is 0 Å². The minimum absolute atomic E-state index is 0.313.